The van der Waals surface area contributed by atoms with E-state index in [9.17, 15) is 4.79 Å². The Balaban J connectivity index is 1.21. The fourth-order valence-corrected chi connectivity index (χ4v) is 6.58. The Labute approximate surface area is 211 Å². The van der Waals surface area contributed by atoms with Crippen LogP contribution in [0.4, 0.5) is 11.4 Å². The van der Waals surface area contributed by atoms with Gasteiger partial charge in [-0.05, 0) is 49.1 Å². The number of likely N-dealkylation sites (tertiary alicyclic amines) is 1. The van der Waals surface area contributed by atoms with Crippen LogP contribution in [-0.2, 0) is 20.9 Å². The predicted octanol–water partition coefficient (Wildman–Crippen LogP) is 5.66. The molecule has 6 heteroatoms. The maximum atomic E-state index is 13.8. The van der Waals surface area contributed by atoms with Gasteiger partial charge in [0.25, 0.3) is 0 Å². The van der Waals surface area contributed by atoms with Gasteiger partial charge in [-0.2, -0.15) is 0 Å². The van der Waals surface area contributed by atoms with Crippen molar-refractivity contribution in [3.63, 3.8) is 0 Å². The third kappa shape index (κ3) is 4.52. The summed E-state index contributed by atoms with van der Waals surface area (Å²) in [4.78, 5) is 20.2. The van der Waals surface area contributed by atoms with Gasteiger partial charge in [0.1, 0.15) is 0 Å². The van der Waals surface area contributed by atoms with Crippen molar-refractivity contribution in [3.8, 4) is 0 Å². The number of piperidine rings is 1. The molecule has 3 heterocycles. The molecule has 180 valence electrons. The lowest BCUT2D eigenvalue weighted by atomic mass is 9.85. The SMILES string of the molecule is O=C(CN1CCC2(CCCO2)C(OCc2ccccc2)C1)N1c2ccccc2Sc2ccccc21. The second-order valence-corrected chi connectivity index (χ2v) is 10.6. The lowest BCUT2D eigenvalue weighted by molar-refractivity contribution is -0.160. The molecule has 0 bridgehead atoms. The molecule has 5 nitrogen and oxygen atoms in total. The van der Waals surface area contributed by atoms with Gasteiger partial charge in [0, 0.05) is 29.5 Å². The Kier molecular flexibility index (Phi) is 6.37. The van der Waals surface area contributed by atoms with Crippen LogP contribution in [0.25, 0.3) is 0 Å². The van der Waals surface area contributed by atoms with Gasteiger partial charge in [-0.15, -0.1) is 0 Å². The van der Waals surface area contributed by atoms with Crippen LogP contribution in [0.5, 0.6) is 0 Å². The number of hydrogen-bond donors (Lipinski definition) is 0. The molecule has 2 unspecified atom stereocenters. The summed E-state index contributed by atoms with van der Waals surface area (Å²) in [5, 5.41) is 0. The zero-order valence-electron chi connectivity index (χ0n) is 19.8. The van der Waals surface area contributed by atoms with E-state index in [0.29, 0.717) is 19.7 Å². The minimum atomic E-state index is -0.227. The quantitative estimate of drug-likeness (QED) is 0.466. The van der Waals surface area contributed by atoms with E-state index in [2.05, 4.69) is 29.2 Å². The summed E-state index contributed by atoms with van der Waals surface area (Å²) in [5.41, 5.74) is 2.86. The van der Waals surface area contributed by atoms with E-state index >= 15 is 0 Å². The Morgan fingerprint density at radius 2 is 1.63 bits per heavy atom. The lowest BCUT2D eigenvalue weighted by Crippen LogP contribution is -2.57. The molecule has 3 aliphatic heterocycles. The van der Waals surface area contributed by atoms with Crippen LogP contribution in [0.15, 0.2) is 88.7 Å². The maximum Gasteiger partial charge on any atom is 0.245 e. The topological polar surface area (TPSA) is 42.0 Å². The van der Waals surface area contributed by atoms with Gasteiger partial charge >= 0.3 is 0 Å². The van der Waals surface area contributed by atoms with Crippen LogP contribution in [0, 0.1) is 0 Å². The number of carbonyl (C=O) groups is 1. The fourth-order valence-electron chi connectivity index (χ4n) is 5.53. The highest BCUT2D eigenvalue weighted by Crippen LogP contribution is 2.48. The van der Waals surface area contributed by atoms with E-state index < -0.39 is 0 Å². The average Bonchev–Trinajstić information content (AvgIpc) is 3.37. The van der Waals surface area contributed by atoms with E-state index in [1.54, 1.807) is 11.8 Å². The molecule has 1 amide bonds. The first-order valence-electron chi connectivity index (χ1n) is 12.4. The minimum absolute atomic E-state index is 0.0526. The zero-order valence-corrected chi connectivity index (χ0v) is 20.6. The highest BCUT2D eigenvalue weighted by atomic mass is 32.2. The van der Waals surface area contributed by atoms with Crippen molar-refractivity contribution in [1.29, 1.82) is 0 Å². The van der Waals surface area contributed by atoms with Crippen LogP contribution in [0.2, 0.25) is 0 Å². The van der Waals surface area contributed by atoms with Gasteiger partial charge in [-0.25, -0.2) is 0 Å². The van der Waals surface area contributed by atoms with Crippen molar-refractivity contribution >= 4 is 29.0 Å². The van der Waals surface area contributed by atoms with E-state index in [-0.39, 0.29) is 17.6 Å². The molecule has 0 aromatic heterocycles. The standard InChI is InChI=1S/C29H30N2O3S/c32-28(31-23-11-4-6-13-25(23)35-26-14-7-5-12-24(26)31)20-30-17-16-29(15-8-18-34-29)27(19-30)33-21-22-9-2-1-3-10-22/h1-7,9-14,27H,8,15-21H2. The normalized spacial score (nSPS) is 23.8. The molecule has 6 rings (SSSR count). The number of nitrogens with zero attached hydrogens (tertiary/aromatic N) is 2. The second kappa shape index (κ2) is 9.78. The molecule has 0 aliphatic carbocycles. The number of anilines is 2. The minimum Gasteiger partial charge on any atom is -0.372 e. The summed E-state index contributed by atoms with van der Waals surface area (Å²) in [5.74, 6) is 0.0929. The van der Waals surface area contributed by atoms with Crippen LogP contribution in [-0.4, -0.2) is 48.8 Å². The van der Waals surface area contributed by atoms with Crippen molar-refractivity contribution in [2.45, 2.75) is 47.4 Å². The largest absolute Gasteiger partial charge is 0.372 e. The van der Waals surface area contributed by atoms with Gasteiger partial charge in [0.15, 0.2) is 0 Å². The number of amides is 1. The Morgan fingerprint density at radius 1 is 0.943 bits per heavy atom. The predicted molar refractivity (Wildman–Crippen MR) is 138 cm³/mol. The van der Waals surface area contributed by atoms with Crippen LogP contribution in [0.3, 0.4) is 0 Å². The van der Waals surface area contributed by atoms with E-state index in [4.69, 9.17) is 9.47 Å². The number of fused-ring (bicyclic) bond motifs is 2. The summed E-state index contributed by atoms with van der Waals surface area (Å²) in [6.07, 6.45) is 2.94. The highest BCUT2D eigenvalue weighted by Gasteiger charge is 2.47. The number of hydrogen-bond acceptors (Lipinski definition) is 5. The molecule has 0 saturated carbocycles. The first kappa shape index (κ1) is 22.8. The van der Waals surface area contributed by atoms with Crippen molar-refractivity contribution in [2.75, 3.05) is 31.1 Å². The second-order valence-electron chi connectivity index (χ2n) is 9.55. The third-order valence-corrected chi connectivity index (χ3v) is 8.46. The Bertz CT molecular complexity index is 1150. The van der Waals surface area contributed by atoms with Gasteiger partial charge in [-0.3, -0.25) is 14.6 Å². The monoisotopic (exact) mass is 486 g/mol. The fraction of sp³-hybridized carbons (Fsp3) is 0.345. The first-order valence-corrected chi connectivity index (χ1v) is 13.2. The average molecular weight is 487 g/mol. The van der Waals surface area contributed by atoms with E-state index in [0.717, 1.165) is 59.1 Å². The third-order valence-electron chi connectivity index (χ3n) is 7.33. The molecule has 35 heavy (non-hydrogen) atoms. The number of rotatable bonds is 5. The van der Waals surface area contributed by atoms with E-state index in [1.807, 2.05) is 59.5 Å². The molecule has 2 atom stereocenters. The summed E-state index contributed by atoms with van der Waals surface area (Å²) >= 11 is 1.72. The van der Waals surface area contributed by atoms with Crippen LogP contribution < -0.4 is 4.90 Å². The molecule has 0 N–H and O–H groups in total. The molecule has 3 aromatic rings. The summed E-state index contributed by atoms with van der Waals surface area (Å²) in [6.45, 7) is 3.24. The molecule has 3 aromatic carbocycles. The molecule has 0 radical (unpaired) electrons. The Hall–Kier alpha value is -2.64. The van der Waals surface area contributed by atoms with Crippen molar-refractivity contribution in [1.82, 2.24) is 4.90 Å². The van der Waals surface area contributed by atoms with Crippen molar-refractivity contribution < 1.29 is 14.3 Å². The lowest BCUT2D eigenvalue weighted by Gasteiger charge is -2.45. The van der Waals surface area contributed by atoms with Gasteiger partial charge in [0.05, 0.1) is 36.2 Å². The van der Waals surface area contributed by atoms with Gasteiger partial charge < -0.3 is 9.47 Å². The maximum absolute atomic E-state index is 13.8. The van der Waals surface area contributed by atoms with Crippen molar-refractivity contribution in [2.24, 2.45) is 0 Å². The summed E-state index contributed by atoms with van der Waals surface area (Å²) in [6, 6.07) is 26.6. The number of para-hydroxylation sites is 2. The molecule has 2 fully saturated rings. The number of ether oxygens (including phenoxy) is 2. The Morgan fingerprint density at radius 3 is 2.31 bits per heavy atom. The molecule has 3 aliphatic rings. The first-order chi connectivity index (χ1) is 17.2. The van der Waals surface area contributed by atoms with Gasteiger partial charge in [-0.1, -0.05) is 66.4 Å². The number of carbonyl (C=O) groups excluding carboxylic acids is 1. The number of benzene rings is 3. The highest BCUT2D eigenvalue weighted by molar-refractivity contribution is 7.99. The smallest absolute Gasteiger partial charge is 0.245 e. The van der Waals surface area contributed by atoms with Gasteiger partial charge in [0.2, 0.25) is 5.91 Å². The molecule has 2 saturated heterocycles. The van der Waals surface area contributed by atoms with Crippen molar-refractivity contribution in [3.05, 3.63) is 84.4 Å². The van der Waals surface area contributed by atoms with E-state index in [1.165, 1.54) is 0 Å². The summed E-state index contributed by atoms with van der Waals surface area (Å²) < 4.78 is 12.8. The zero-order chi connectivity index (χ0) is 23.7. The molecular formula is C29H30N2O3S. The van der Waals surface area contributed by atoms with Crippen LogP contribution >= 0.6 is 11.8 Å². The summed E-state index contributed by atoms with van der Waals surface area (Å²) in [7, 11) is 0. The molecular weight excluding hydrogens is 456 g/mol. The van der Waals surface area contributed by atoms with Crippen LogP contribution in [0.1, 0.15) is 24.8 Å². The molecule has 1 spiro atoms.